The van der Waals surface area contributed by atoms with Gasteiger partial charge in [0.1, 0.15) is 17.4 Å². The fourth-order valence-electron chi connectivity index (χ4n) is 1.08. The van der Waals surface area contributed by atoms with Crippen molar-refractivity contribution in [2.24, 2.45) is 0 Å². The largest absolute Gasteiger partial charge is 0.496 e. The molecule has 1 rings (SSSR count). The summed E-state index contributed by atoms with van der Waals surface area (Å²) in [5.74, 6) is -0.120. The summed E-state index contributed by atoms with van der Waals surface area (Å²) in [4.78, 5) is 11.1. The monoisotopic (exact) mass is 216 g/mol. The maximum absolute atomic E-state index is 11.1. The molecule has 0 aliphatic heterocycles. The van der Waals surface area contributed by atoms with Crippen molar-refractivity contribution in [2.75, 3.05) is 14.2 Å². The summed E-state index contributed by atoms with van der Waals surface area (Å²) in [5.41, 5.74) is 0.619. The van der Waals surface area contributed by atoms with Crippen molar-refractivity contribution in [1.29, 1.82) is 5.26 Å². The molecule has 4 nitrogen and oxygen atoms in total. The highest BCUT2D eigenvalue weighted by Crippen LogP contribution is 2.14. The van der Waals surface area contributed by atoms with E-state index in [0.717, 1.165) is 0 Å². The van der Waals surface area contributed by atoms with Gasteiger partial charge in [0.15, 0.2) is 0 Å². The Bertz CT molecular complexity index is 458. The Balaban J connectivity index is 3.05. The molecule has 1 radical (unpaired) electrons. The molecule has 4 heteroatoms. The lowest BCUT2D eigenvalue weighted by atomic mass is 10.1. The van der Waals surface area contributed by atoms with E-state index < -0.39 is 5.97 Å². The molecule has 0 amide bonds. The molecule has 0 aromatic heterocycles. The molecule has 81 valence electrons. The molecule has 0 saturated carbocycles. The van der Waals surface area contributed by atoms with Gasteiger partial charge in [-0.15, -0.1) is 0 Å². The van der Waals surface area contributed by atoms with E-state index in [4.69, 9.17) is 10.00 Å². The minimum atomic E-state index is -0.658. The van der Waals surface area contributed by atoms with Gasteiger partial charge in [0, 0.05) is 6.07 Å². The van der Waals surface area contributed by atoms with E-state index in [9.17, 15) is 4.79 Å². The minimum Gasteiger partial charge on any atom is -0.496 e. The van der Waals surface area contributed by atoms with Crippen LogP contribution < -0.4 is 4.74 Å². The lowest BCUT2D eigenvalue weighted by Gasteiger charge is -2.00. The van der Waals surface area contributed by atoms with Crippen LogP contribution in [-0.2, 0) is 9.53 Å². The van der Waals surface area contributed by atoms with Crippen molar-refractivity contribution in [2.45, 2.75) is 0 Å². The Hall–Kier alpha value is -2.28. The number of ether oxygens (including phenoxy) is 2. The number of carbonyl (C=O) groups excluding carboxylic acids is 1. The van der Waals surface area contributed by atoms with E-state index in [1.807, 2.05) is 0 Å². The molecule has 0 fully saturated rings. The predicted octanol–water partition coefficient (Wildman–Crippen LogP) is 1.58. The first kappa shape index (κ1) is 11.8. The molecular formula is C12H10NO3. The molecule has 16 heavy (non-hydrogen) atoms. The second-order valence-corrected chi connectivity index (χ2v) is 2.85. The molecule has 0 heterocycles. The highest BCUT2D eigenvalue weighted by atomic mass is 16.5. The van der Waals surface area contributed by atoms with Crippen LogP contribution in [0, 0.1) is 17.4 Å². The number of rotatable bonds is 3. The Kier molecular flexibility index (Phi) is 4.10. The maximum Gasteiger partial charge on any atom is 0.348 e. The smallest absolute Gasteiger partial charge is 0.348 e. The lowest BCUT2D eigenvalue weighted by Crippen LogP contribution is -2.02. The average molecular weight is 216 g/mol. The van der Waals surface area contributed by atoms with E-state index >= 15 is 0 Å². The van der Waals surface area contributed by atoms with E-state index in [1.54, 1.807) is 24.3 Å². The van der Waals surface area contributed by atoms with Gasteiger partial charge in [-0.1, -0.05) is 6.07 Å². The second-order valence-electron chi connectivity index (χ2n) is 2.85. The molecule has 1 aromatic rings. The van der Waals surface area contributed by atoms with Crippen LogP contribution in [0.25, 0.3) is 6.08 Å². The van der Waals surface area contributed by atoms with Crippen LogP contribution in [0.15, 0.2) is 23.8 Å². The van der Waals surface area contributed by atoms with Crippen molar-refractivity contribution in [3.63, 3.8) is 0 Å². The third-order valence-electron chi connectivity index (χ3n) is 1.86. The molecule has 0 saturated heterocycles. The quantitative estimate of drug-likeness (QED) is 0.437. The number of hydrogen-bond donors (Lipinski definition) is 0. The summed E-state index contributed by atoms with van der Waals surface area (Å²) in [5, 5.41) is 8.76. The van der Waals surface area contributed by atoms with Crippen LogP contribution in [0.2, 0.25) is 0 Å². The van der Waals surface area contributed by atoms with Gasteiger partial charge in [-0.25, -0.2) is 4.79 Å². The normalized spacial score (nSPS) is 10.4. The molecule has 0 bridgehead atoms. The van der Waals surface area contributed by atoms with Crippen molar-refractivity contribution in [3.8, 4) is 11.8 Å². The van der Waals surface area contributed by atoms with Crippen molar-refractivity contribution < 1.29 is 14.3 Å². The number of carbonyl (C=O) groups is 1. The van der Waals surface area contributed by atoms with Gasteiger partial charge in [0.2, 0.25) is 0 Å². The zero-order valence-corrected chi connectivity index (χ0v) is 8.98. The minimum absolute atomic E-state index is 0.0595. The Morgan fingerprint density at radius 2 is 2.31 bits per heavy atom. The van der Waals surface area contributed by atoms with Crippen molar-refractivity contribution in [3.05, 3.63) is 35.4 Å². The molecule has 0 unspecified atom stereocenters. The van der Waals surface area contributed by atoms with E-state index in [-0.39, 0.29) is 5.57 Å². The average Bonchev–Trinajstić information content (AvgIpc) is 2.35. The summed E-state index contributed by atoms with van der Waals surface area (Å²) in [6.07, 6.45) is 1.43. The summed E-state index contributed by atoms with van der Waals surface area (Å²) in [7, 11) is 2.75. The van der Waals surface area contributed by atoms with Gasteiger partial charge < -0.3 is 9.47 Å². The number of nitriles is 1. The highest BCUT2D eigenvalue weighted by Gasteiger charge is 2.08. The topological polar surface area (TPSA) is 59.3 Å². The first-order valence-corrected chi connectivity index (χ1v) is 4.47. The van der Waals surface area contributed by atoms with E-state index in [0.29, 0.717) is 11.3 Å². The first-order chi connectivity index (χ1) is 7.71. The Morgan fingerprint density at radius 3 is 2.88 bits per heavy atom. The number of benzene rings is 1. The molecule has 0 N–H and O–H groups in total. The molecule has 0 spiro atoms. The number of esters is 1. The first-order valence-electron chi connectivity index (χ1n) is 4.47. The zero-order valence-electron chi connectivity index (χ0n) is 8.98. The standard InChI is InChI=1S/C12H10NO3/c1-15-11-5-3-4-9(7-11)6-10(8-13)12(14)16-2/h3-4,6-7H,1-2H3. The maximum atomic E-state index is 11.1. The second kappa shape index (κ2) is 5.56. The fraction of sp³-hybridized carbons (Fsp3) is 0.167. The number of methoxy groups -OCH3 is 2. The number of nitrogens with zero attached hydrogens (tertiary/aromatic N) is 1. The van der Waals surface area contributed by atoms with Crippen LogP contribution >= 0.6 is 0 Å². The van der Waals surface area contributed by atoms with Gasteiger partial charge >= 0.3 is 5.97 Å². The molecule has 1 aromatic carbocycles. The van der Waals surface area contributed by atoms with Crippen LogP contribution in [0.5, 0.6) is 5.75 Å². The Morgan fingerprint density at radius 1 is 1.56 bits per heavy atom. The van der Waals surface area contributed by atoms with Crippen LogP contribution in [0.4, 0.5) is 0 Å². The summed E-state index contributed by atoms with van der Waals surface area (Å²) in [6, 6.07) is 9.64. The van der Waals surface area contributed by atoms with E-state index in [2.05, 4.69) is 10.8 Å². The SMILES string of the molecule is COC(=O)C(C#N)=Cc1cc[c]c(OC)c1. The van der Waals surface area contributed by atoms with Crippen molar-refractivity contribution >= 4 is 12.0 Å². The molecule has 0 atom stereocenters. The van der Waals surface area contributed by atoms with Gasteiger partial charge in [0.25, 0.3) is 0 Å². The number of hydrogen-bond acceptors (Lipinski definition) is 4. The van der Waals surface area contributed by atoms with Gasteiger partial charge in [-0.05, 0) is 23.8 Å². The van der Waals surface area contributed by atoms with Gasteiger partial charge in [-0.2, -0.15) is 5.26 Å². The lowest BCUT2D eigenvalue weighted by molar-refractivity contribution is -0.135. The summed E-state index contributed by atoms with van der Waals surface area (Å²) >= 11 is 0. The fourth-order valence-corrected chi connectivity index (χ4v) is 1.08. The van der Waals surface area contributed by atoms with Crippen LogP contribution in [0.1, 0.15) is 5.56 Å². The summed E-state index contributed by atoms with van der Waals surface area (Å²) < 4.78 is 9.44. The Labute approximate surface area is 93.7 Å². The van der Waals surface area contributed by atoms with Crippen LogP contribution in [0.3, 0.4) is 0 Å². The molecule has 0 aliphatic rings. The third-order valence-corrected chi connectivity index (χ3v) is 1.86. The molecular weight excluding hydrogens is 206 g/mol. The third kappa shape index (κ3) is 2.85. The van der Waals surface area contributed by atoms with Crippen LogP contribution in [-0.4, -0.2) is 20.2 Å². The van der Waals surface area contributed by atoms with Crippen molar-refractivity contribution in [1.82, 2.24) is 0 Å². The predicted molar refractivity (Wildman–Crippen MR) is 57.4 cm³/mol. The van der Waals surface area contributed by atoms with Gasteiger partial charge in [-0.3, -0.25) is 0 Å². The summed E-state index contributed by atoms with van der Waals surface area (Å²) in [6.45, 7) is 0. The van der Waals surface area contributed by atoms with E-state index in [1.165, 1.54) is 20.3 Å². The van der Waals surface area contributed by atoms with Gasteiger partial charge in [0.05, 0.1) is 14.2 Å². The zero-order chi connectivity index (χ0) is 12.0. The molecule has 0 aliphatic carbocycles. The highest BCUT2D eigenvalue weighted by molar-refractivity contribution is 5.97.